The van der Waals surface area contributed by atoms with Crippen molar-refractivity contribution >= 4 is 5.97 Å². The molecule has 1 unspecified atom stereocenters. The maximum absolute atomic E-state index is 14.4. The first-order chi connectivity index (χ1) is 10.4. The van der Waals surface area contributed by atoms with Crippen molar-refractivity contribution in [3.8, 4) is 0 Å². The Morgan fingerprint density at radius 1 is 0.833 bits per heavy atom. The highest BCUT2D eigenvalue weighted by Gasteiger charge is 2.77. The van der Waals surface area contributed by atoms with Crippen molar-refractivity contribution < 1.29 is 58.2 Å². The van der Waals surface area contributed by atoms with Gasteiger partial charge in [0.05, 0.1) is 5.57 Å². The minimum Gasteiger partial charge on any atom is -0.478 e. The van der Waals surface area contributed by atoms with E-state index in [1.165, 1.54) is 0 Å². The maximum atomic E-state index is 14.4. The number of aliphatic carboxylic acids is 1. The third-order valence-electron chi connectivity index (χ3n) is 3.40. The van der Waals surface area contributed by atoms with Crippen molar-refractivity contribution in [3.05, 3.63) is 11.1 Å². The van der Waals surface area contributed by atoms with Crippen LogP contribution in [0.3, 0.4) is 0 Å². The lowest BCUT2D eigenvalue weighted by Crippen LogP contribution is -2.62. The molecule has 1 atom stereocenters. The topological polar surface area (TPSA) is 37.3 Å². The Morgan fingerprint density at radius 3 is 1.62 bits per heavy atom. The second kappa shape index (κ2) is 5.48. The molecular formula is C11H7F11O2. The van der Waals surface area contributed by atoms with Gasteiger partial charge in [-0.25, -0.2) is 9.18 Å². The molecule has 0 aromatic rings. The van der Waals surface area contributed by atoms with Gasteiger partial charge in [-0.05, 0) is 12.8 Å². The third kappa shape index (κ3) is 3.04. The molecule has 24 heavy (non-hydrogen) atoms. The van der Waals surface area contributed by atoms with Gasteiger partial charge < -0.3 is 5.11 Å². The number of hydrogen-bond donors (Lipinski definition) is 1. The molecule has 0 radical (unpaired) electrons. The van der Waals surface area contributed by atoms with Gasteiger partial charge in [-0.1, -0.05) is 0 Å². The van der Waals surface area contributed by atoms with Crippen LogP contribution in [0.1, 0.15) is 19.3 Å². The van der Waals surface area contributed by atoms with Gasteiger partial charge in [0.25, 0.3) is 0 Å². The molecule has 0 spiro atoms. The number of carboxylic acids is 1. The van der Waals surface area contributed by atoms with Crippen LogP contribution in [0.2, 0.25) is 0 Å². The van der Waals surface area contributed by atoms with Crippen molar-refractivity contribution in [1.29, 1.82) is 0 Å². The molecule has 0 bridgehead atoms. The van der Waals surface area contributed by atoms with Crippen LogP contribution in [0, 0.1) is 0 Å². The van der Waals surface area contributed by atoms with Gasteiger partial charge in [0.2, 0.25) is 5.67 Å². The van der Waals surface area contributed by atoms with Crippen LogP contribution in [0.25, 0.3) is 0 Å². The third-order valence-corrected chi connectivity index (χ3v) is 3.40. The first kappa shape index (κ1) is 20.5. The molecule has 1 fully saturated rings. The summed E-state index contributed by atoms with van der Waals surface area (Å²) in [4.78, 5) is 10.5. The Morgan fingerprint density at radius 2 is 1.29 bits per heavy atom. The molecule has 2 nitrogen and oxygen atoms in total. The molecule has 1 saturated carbocycles. The molecule has 1 N–H and O–H groups in total. The molecule has 1 aliphatic rings. The van der Waals surface area contributed by atoms with Gasteiger partial charge in [-0.3, -0.25) is 0 Å². The molecule has 0 amide bonds. The van der Waals surface area contributed by atoms with E-state index >= 15 is 0 Å². The fourth-order valence-electron chi connectivity index (χ4n) is 2.37. The van der Waals surface area contributed by atoms with E-state index in [4.69, 9.17) is 5.11 Å². The van der Waals surface area contributed by atoms with Crippen LogP contribution in [-0.4, -0.2) is 40.9 Å². The van der Waals surface area contributed by atoms with E-state index in [9.17, 15) is 53.1 Å². The number of halogens is 11. The van der Waals surface area contributed by atoms with Gasteiger partial charge in [-0.2, -0.15) is 43.9 Å². The molecule has 0 heterocycles. The van der Waals surface area contributed by atoms with E-state index in [1.54, 1.807) is 0 Å². The first-order valence-electron chi connectivity index (χ1n) is 5.96. The van der Waals surface area contributed by atoms with E-state index in [0.29, 0.717) is 0 Å². The van der Waals surface area contributed by atoms with Crippen molar-refractivity contribution in [1.82, 2.24) is 0 Å². The molecule has 0 aromatic carbocycles. The Balaban J connectivity index is 3.91. The zero-order chi connectivity index (χ0) is 19.4. The Hall–Kier alpha value is -1.56. The monoisotopic (exact) mass is 380 g/mol. The summed E-state index contributed by atoms with van der Waals surface area (Å²) < 4.78 is 144. The average Bonchev–Trinajstić information content (AvgIpc) is 2.29. The first-order valence-corrected chi connectivity index (χ1v) is 5.96. The normalized spacial score (nSPS) is 28.3. The highest BCUT2D eigenvalue weighted by atomic mass is 19.4. The molecule has 0 saturated heterocycles. The van der Waals surface area contributed by atoms with E-state index in [2.05, 4.69) is 0 Å². The SMILES string of the molecule is O=C(O)C(=C(C(F)(F)F)C1(F)CCCC(F)(F)C1(F)F)C(F)(F)F. The summed E-state index contributed by atoms with van der Waals surface area (Å²) in [5, 5.41) is 8.31. The average molecular weight is 380 g/mol. The quantitative estimate of drug-likeness (QED) is 0.559. The molecule has 0 aliphatic heterocycles. The summed E-state index contributed by atoms with van der Waals surface area (Å²) >= 11 is 0. The van der Waals surface area contributed by atoms with Gasteiger partial charge in [0, 0.05) is 6.42 Å². The van der Waals surface area contributed by atoms with Crippen LogP contribution in [0.15, 0.2) is 11.1 Å². The second-order valence-corrected chi connectivity index (χ2v) is 4.98. The fraction of sp³-hybridized carbons (Fsp3) is 0.727. The van der Waals surface area contributed by atoms with Crippen LogP contribution < -0.4 is 0 Å². The summed E-state index contributed by atoms with van der Waals surface area (Å²) in [5.74, 6) is -15.0. The predicted octanol–water partition coefficient (Wildman–Crippen LogP) is 4.66. The van der Waals surface area contributed by atoms with Crippen LogP contribution >= 0.6 is 0 Å². The summed E-state index contributed by atoms with van der Waals surface area (Å²) in [6, 6.07) is 0. The van der Waals surface area contributed by atoms with E-state index in [0.717, 1.165) is 0 Å². The molecule has 1 aliphatic carbocycles. The molecule has 0 aromatic heterocycles. The Bertz CT molecular complexity index is 557. The largest absolute Gasteiger partial charge is 0.478 e. The number of hydrogen-bond acceptors (Lipinski definition) is 1. The standard InChI is InChI=1S/C11H7F11O2/c12-7(2-1-3-8(13,14)11(7,21)22)5(10(18,19)20)4(6(23)24)9(15,16)17/h1-3H2,(H,23,24). The molecule has 140 valence electrons. The fourth-order valence-corrected chi connectivity index (χ4v) is 2.37. The zero-order valence-electron chi connectivity index (χ0n) is 11.1. The summed E-state index contributed by atoms with van der Waals surface area (Å²) in [7, 11) is 0. The minimum atomic E-state index is -6.59. The van der Waals surface area contributed by atoms with Crippen molar-refractivity contribution in [2.75, 3.05) is 0 Å². The summed E-state index contributed by atoms with van der Waals surface area (Å²) in [6.45, 7) is 0. The van der Waals surface area contributed by atoms with Crippen LogP contribution in [0.4, 0.5) is 48.3 Å². The molecule has 1 rings (SSSR count). The lowest BCUT2D eigenvalue weighted by Gasteiger charge is -2.44. The summed E-state index contributed by atoms with van der Waals surface area (Å²) in [5.41, 5.74) is -13.1. The van der Waals surface area contributed by atoms with Gasteiger partial charge in [0.1, 0.15) is 0 Å². The molecule has 13 heteroatoms. The number of rotatable bonds is 2. The Labute approximate surface area is 125 Å². The zero-order valence-corrected chi connectivity index (χ0v) is 11.1. The molecular weight excluding hydrogens is 373 g/mol. The predicted molar refractivity (Wildman–Crippen MR) is 54.4 cm³/mol. The van der Waals surface area contributed by atoms with Crippen molar-refractivity contribution in [2.45, 2.75) is 49.1 Å². The van der Waals surface area contributed by atoms with E-state index in [-0.39, 0.29) is 0 Å². The van der Waals surface area contributed by atoms with Crippen LogP contribution in [0.5, 0.6) is 0 Å². The van der Waals surface area contributed by atoms with Gasteiger partial charge in [0.15, 0.2) is 5.57 Å². The highest BCUT2D eigenvalue weighted by Crippen LogP contribution is 2.59. The van der Waals surface area contributed by atoms with Gasteiger partial charge >= 0.3 is 30.2 Å². The Kier molecular flexibility index (Phi) is 4.67. The number of carbonyl (C=O) groups is 1. The van der Waals surface area contributed by atoms with Crippen LogP contribution in [-0.2, 0) is 4.79 Å². The second-order valence-electron chi connectivity index (χ2n) is 4.98. The van der Waals surface area contributed by atoms with E-state index in [1.807, 2.05) is 0 Å². The lowest BCUT2D eigenvalue weighted by atomic mass is 9.73. The van der Waals surface area contributed by atoms with E-state index < -0.39 is 66.2 Å². The van der Waals surface area contributed by atoms with Crippen molar-refractivity contribution in [3.63, 3.8) is 0 Å². The highest BCUT2D eigenvalue weighted by molar-refractivity contribution is 5.90. The number of carboxylic acid groups (broad SMARTS) is 1. The number of alkyl halides is 11. The lowest BCUT2D eigenvalue weighted by molar-refractivity contribution is -0.292. The smallest absolute Gasteiger partial charge is 0.423 e. The minimum absolute atomic E-state index is 1.32. The maximum Gasteiger partial charge on any atom is 0.423 e. The van der Waals surface area contributed by atoms with Crippen molar-refractivity contribution in [2.24, 2.45) is 0 Å². The summed E-state index contributed by atoms with van der Waals surface area (Å²) in [6.07, 6.45) is -18.2. The van der Waals surface area contributed by atoms with Gasteiger partial charge in [-0.15, -0.1) is 0 Å². The number of allylic oxidation sites excluding steroid dienone is 1.